The van der Waals surface area contributed by atoms with Gasteiger partial charge < -0.3 is 18.9 Å². The van der Waals surface area contributed by atoms with Crippen molar-refractivity contribution in [2.75, 3.05) is 20.3 Å². The minimum Gasteiger partial charge on any atom is -0.496 e. The van der Waals surface area contributed by atoms with Gasteiger partial charge in [-0.15, -0.1) is 0 Å². The summed E-state index contributed by atoms with van der Waals surface area (Å²) in [6, 6.07) is 13.0. The van der Waals surface area contributed by atoms with E-state index in [1.807, 2.05) is 18.2 Å². The fourth-order valence-electron chi connectivity index (χ4n) is 6.38. The number of benzene rings is 2. The number of nitrogens with zero attached hydrogens (tertiary/aromatic N) is 1. The molecule has 1 heterocycles. The van der Waals surface area contributed by atoms with Crippen LogP contribution in [0.4, 0.5) is 4.79 Å². The third kappa shape index (κ3) is 7.09. The smallest absolute Gasteiger partial charge is 0.411 e. The molecule has 2 aromatic rings. The fraction of sp³-hybridized carbons (Fsp3) is 0.556. The maximum absolute atomic E-state index is 13.9. The molecular weight excluding hydrogens is 542 g/mol. The number of ether oxygens (including phenoxy) is 4. The molecule has 0 bridgehead atoms. The molecule has 43 heavy (non-hydrogen) atoms. The lowest BCUT2D eigenvalue weighted by Crippen LogP contribution is -2.48. The second-order valence-corrected chi connectivity index (χ2v) is 13.8. The molecule has 234 valence electrons. The van der Waals surface area contributed by atoms with E-state index in [9.17, 15) is 9.59 Å². The average molecular weight is 592 g/mol. The maximum atomic E-state index is 13.9. The maximum Gasteiger partial charge on any atom is 0.411 e. The number of likely N-dealkylation sites (tertiary alicyclic amines) is 1. The third-order valence-corrected chi connectivity index (χ3v) is 8.58. The molecule has 0 unspecified atom stereocenters. The van der Waals surface area contributed by atoms with Crippen LogP contribution < -0.4 is 4.74 Å². The van der Waals surface area contributed by atoms with Crippen LogP contribution in [0, 0.1) is 11.3 Å². The molecule has 1 saturated carbocycles. The number of rotatable bonds is 10. The second-order valence-electron chi connectivity index (χ2n) is 13.8. The average Bonchev–Trinajstić information content (AvgIpc) is 3.74. The Morgan fingerprint density at radius 2 is 1.67 bits per heavy atom. The Morgan fingerprint density at radius 1 is 1.00 bits per heavy atom. The van der Waals surface area contributed by atoms with Gasteiger partial charge in [-0.05, 0) is 65.3 Å². The van der Waals surface area contributed by atoms with Gasteiger partial charge in [-0.1, -0.05) is 84.5 Å². The van der Waals surface area contributed by atoms with Crippen molar-refractivity contribution >= 4 is 12.1 Å². The Kier molecular flexibility index (Phi) is 9.95. The third-order valence-electron chi connectivity index (χ3n) is 8.58. The summed E-state index contributed by atoms with van der Waals surface area (Å²) in [6.07, 6.45) is 2.60. The van der Waals surface area contributed by atoms with Gasteiger partial charge in [0, 0.05) is 11.5 Å². The predicted molar refractivity (Wildman–Crippen MR) is 168 cm³/mol. The highest BCUT2D eigenvalue weighted by molar-refractivity contribution is 5.83. The van der Waals surface area contributed by atoms with Crippen LogP contribution in [0.2, 0.25) is 0 Å². The van der Waals surface area contributed by atoms with Gasteiger partial charge in [0.2, 0.25) is 0 Å². The van der Waals surface area contributed by atoms with Gasteiger partial charge in [0.25, 0.3) is 0 Å². The summed E-state index contributed by atoms with van der Waals surface area (Å²) >= 11 is 0. The number of carbonyl (C=O) groups excluding carboxylic acids is 2. The van der Waals surface area contributed by atoms with Gasteiger partial charge in [0.05, 0.1) is 32.5 Å². The highest BCUT2D eigenvalue weighted by atomic mass is 16.6. The molecule has 2 aromatic carbocycles. The number of carbonyl (C=O) groups is 2. The van der Waals surface area contributed by atoms with Crippen molar-refractivity contribution < 1.29 is 28.5 Å². The quantitative estimate of drug-likeness (QED) is 0.208. The summed E-state index contributed by atoms with van der Waals surface area (Å²) in [5.74, 6) is 0.306. The first kappa shape index (κ1) is 32.6. The summed E-state index contributed by atoms with van der Waals surface area (Å²) in [5.41, 5.74) is 3.76. The highest BCUT2D eigenvalue weighted by Gasteiger charge is 2.60. The molecule has 0 radical (unpaired) electrons. The molecule has 4 atom stereocenters. The molecule has 2 aliphatic rings. The van der Waals surface area contributed by atoms with Crippen LogP contribution in [-0.2, 0) is 31.0 Å². The van der Waals surface area contributed by atoms with E-state index in [0.717, 1.165) is 29.7 Å². The highest BCUT2D eigenvalue weighted by Crippen LogP contribution is 2.53. The zero-order chi connectivity index (χ0) is 31.5. The van der Waals surface area contributed by atoms with Crippen LogP contribution in [0.5, 0.6) is 5.75 Å². The van der Waals surface area contributed by atoms with E-state index in [0.29, 0.717) is 5.92 Å². The molecule has 0 N–H and O–H groups in total. The van der Waals surface area contributed by atoms with Gasteiger partial charge in [0.1, 0.15) is 18.4 Å². The molecule has 7 heteroatoms. The zero-order valence-electron chi connectivity index (χ0n) is 27.1. The van der Waals surface area contributed by atoms with Crippen LogP contribution in [0.1, 0.15) is 95.5 Å². The number of hydrogen-bond acceptors (Lipinski definition) is 6. The normalized spacial score (nSPS) is 22.3. The van der Waals surface area contributed by atoms with E-state index < -0.39 is 41.6 Å². The molecule has 1 amide bonds. The number of hydrogen-bond donors (Lipinski definition) is 0. The SMILES string of the molecule is C=CCOC(=O)N1[C@H](C(=O)OCC)[C@@H](C(C)(C)C)[C@H](OCc2cc(C(C)(C)C)ccc2OC)[C@@H]1c1ccccc1C1CC1. The topological polar surface area (TPSA) is 74.3 Å². The Labute approximate surface area is 257 Å². The summed E-state index contributed by atoms with van der Waals surface area (Å²) < 4.78 is 24.0. The van der Waals surface area contributed by atoms with Gasteiger partial charge in [-0.3, -0.25) is 4.90 Å². The van der Waals surface area contributed by atoms with E-state index in [2.05, 4.69) is 72.4 Å². The Morgan fingerprint density at radius 3 is 2.23 bits per heavy atom. The van der Waals surface area contributed by atoms with Crippen molar-refractivity contribution in [2.45, 2.75) is 97.4 Å². The molecule has 1 aliphatic heterocycles. The van der Waals surface area contributed by atoms with Crippen molar-refractivity contribution in [3.8, 4) is 5.75 Å². The minimum absolute atomic E-state index is 0.0321. The standard InChI is InChI=1S/C36H49NO6/c1-10-20-42-34(39)37-30(27-15-13-12-14-26(27)23-16-17-23)32(29(36(6,7)8)31(37)33(38)41-11-2)43-22-24-21-25(35(3,4)5)18-19-28(24)40-9/h10,12-15,18-19,21,23,29-32H,1,11,16-17,20,22H2,2-9H3/t29-,30+,31+,32+/m1/s1. The molecular formula is C36H49NO6. The van der Waals surface area contributed by atoms with Crippen molar-refractivity contribution in [3.63, 3.8) is 0 Å². The lowest BCUT2D eigenvalue weighted by Gasteiger charge is -2.35. The van der Waals surface area contributed by atoms with Crippen LogP contribution in [0.3, 0.4) is 0 Å². The molecule has 0 aromatic heterocycles. The van der Waals surface area contributed by atoms with Crippen molar-refractivity contribution in [1.82, 2.24) is 4.90 Å². The van der Waals surface area contributed by atoms with E-state index >= 15 is 0 Å². The minimum atomic E-state index is -0.901. The summed E-state index contributed by atoms with van der Waals surface area (Å²) in [4.78, 5) is 29.3. The Hall–Kier alpha value is -3.32. The summed E-state index contributed by atoms with van der Waals surface area (Å²) in [6.45, 7) is 18.8. The van der Waals surface area contributed by atoms with E-state index in [-0.39, 0.29) is 25.2 Å². The lowest BCUT2D eigenvalue weighted by atomic mass is 9.73. The molecule has 0 spiro atoms. The fourth-order valence-corrected chi connectivity index (χ4v) is 6.38. The van der Waals surface area contributed by atoms with Crippen LogP contribution in [-0.4, -0.2) is 49.4 Å². The number of methoxy groups -OCH3 is 1. The Bertz CT molecular complexity index is 1300. The zero-order valence-corrected chi connectivity index (χ0v) is 27.1. The lowest BCUT2D eigenvalue weighted by molar-refractivity contribution is -0.151. The number of amides is 1. The molecule has 7 nitrogen and oxygen atoms in total. The van der Waals surface area contributed by atoms with Gasteiger partial charge in [0.15, 0.2) is 0 Å². The first-order valence-corrected chi connectivity index (χ1v) is 15.4. The van der Waals surface area contributed by atoms with Crippen molar-refractivity contribution in [2.24, 2.45) is 11.3 Å². The van der Waals surface area contributed by atoms with E-state index in [1.165, 1.54) is 17.2 Å². The molecule has 2 fully saturated rings. The molecule has 1 aliphatic carbocycles. The summed E-state index contributed by atoms with van der Waals surface area (Å²) in [7, 11) is 1.66. The largest absolute Gasteiger partial charge is 0.496 e. The number of esters is 1. The van der Waals surface area contributed by atoms with Gasteiger partial charge >= 0.3 is 12.1 Å². The van der Waals surface area contributed by atoms with E-state index in [4.69, 9.17) is 18.9 Å². The molecule has 1 saturated heterocycles. The van der Waals surface area contributed by atoms with Crippen LogP contribution in [0.15, 0.2) is 55.1 Å². The van der Waals surface area contributed by atoms with Crippen molar-refractivity contribution in [1.29, 1.82) is 0 Å². The first-order valence-electron chi connectivity index (χ1n) is 15.4. The van der Waals surface area contributed by atoms with E-state index in [1.54, 1.807) is 18.9 Å². The van der Waals surface area contributed by atoms with Gasteiger partial charge in [-0.25, -0.2) is 9.59 Å². The van der Waals surface area contributed by atoms with Crippen molar-refractivity contribution in [3.05, 3.63) is 77.4 Å². The van der Waals surface area contributed by atoms with Gasteiger partial charge in [-0.2, -0.15) is 0 Å². The monoisotopic (exact) mass is 591 g/mol. The predicted octanol–water partition coefficient (Wildman–Crippen LogP) is 7.73. The van der Waals surface area contributed by atoms with Crippen LogP contribution >= 0.6 is 0 Å². The summed E-state index contributed by atoms with van der Waals surface area (Å²) in [5, 5.41) is 0. The Balaban J connectivity index is 1.88. The first-order chi connectivity index (χ1) is 20.3. The second kappa shape index (κ2) is 13.1. The van der Waals surface area contributed by atoms with Crippen LogP contribution in [0.25, 0.3) is 0 Å². The molecule has 4 rings (SSSR count).